The molecule has 6 rings (SSSR count). The van der Waals surface area contributed by atoms with E-state index in [-0.39, 0.29) is 0 Å². The summed E-state index contributed by atoms with van der Waals surface area (Å²) < 4.78 is 7.50. The van der Waals surface area contributed by atoms with Crippen molar-refractivity contribution in [3.05, 3.63) is 102 Å². The average molecular weight is 477 g/mol. The number of aliphatic carboxylic acids is 1. The Morgan fingerprint density at radius 3 is 2.19 bits per heavy atom. The number of nitrogens with zero attached hydrogens (tertiary/aromatic N) is 4. The van der Waals surface area contributed by atoms with Gasteiger partial charge in [0.25, 0.3) is 0 Å². The molecular weight excluding hydrogens is 452 g/mol. The van der Waals surface area contributed by atoms with Crippen LogP contribution in [-0.2, 0) is 16.8 Å². The lowest BCUT2D eigenvalue weighted by Gasteiger charge is -2.11. The van der Waals surface area contributed by atoms with E-state index in [9.17, 15) is 9.90 Å². The van der Waals surface area contributed by atoms with Crippen LogP contribution in [0.2, 0.25) is 0 Å². The van der Waals surface area contributed by atoms with Gasteiger partial charge >= 0.3 is 5.97 Å². The van der Waals surface area contributed by atoms with Crippen molar-refractivity contribution in [3.8, 4) is 33.7 Å². The number of carbonyl (C=O) groups is 1. The highest BCUT2D eigenvalue weighted by Crippen LogP contribution is 2.48. The summed E-state index contributed by atoms with van der Waals surface area (Å²) in [5, 5.41) is 22.3. The third kappa shape index (κ3) is 3.88. The van der Waals surface area contributed by atoms with Crippen LogP contribution in [0, 0.1) is 6.92 Å². The van der Waals surface area contributed by atoms with E-state index in [1.807, 2.05) is 92.0 Å². The van der Waals surface area contributed by atoms with Gasteiger partial charge in [0.15, 0.2) is 5.76 Å². The van der Waals surface area contributed by atoms with Gasteiger partial charge in [-0.15, -0.1) is 5.10 Å². The summed E-state index contributed by atoms with van der Waals surface area (Å²) in [4.78, 5) is 11.6. The van der Waals surface area contributed by atoms with E-state index in [1.54, 1.807) is 4.68 Å². The number of carboxylic acid groups (broad SMARTS) is 1. The second-order valence-electron chi connectivity index (χ2n) is 9.29. The molecule has 1 aliphatic carbocycles. The van der Waals surface area contributed by atoms with E-state index >= 15 is 0 Å². The molecule has 0 amide bonds. The summed E-state index contributed by atoms with van der Waals surface area (Å²) >= 11 is 0. The van der Waals surface area contributed by atoms with Crippen LogP contribution in [-0.4, -0.2) is 31.2 Å². The Hall–Kier alpha value is -4.52. The molecule has 0 spiro atoms. The highest BCUT2D eigenvalue weighted by atomic mass is 16.5. The molecule has 1 saturated carbocycles. The number of carboxylic acids is 1. The van der Waals surface area contributed by atoms with Crippen LogP contribution < -0.4 is 0 Å². The van der Waals surface area contributed by atoms with Crippen molar-refractivity contribution in [3.63, 3.8) is 0 Å². The Bertz CT molecular complexity index is 1530. The fourth-order valence-electron chi connectivity index (χ4n) is 4.63. The summed E-state index contributed by atoms with van der Waals surface area (Å²) in [5.41, 5.74) is 6.81. The molecule has 0 bridgehead atoms. The largest absolute Gasteiger partial charge is 0.481 e. The van der Waals surface area contributed by atoms with E-state index in [0.29, 0.717) is 25.1 Å². The van der Waals surface area contributed by atoms with Crippen molar-refractivity contribution in [2.45, 2.75) is 31.7 Å². The van der Waals surface area contributed by atoms with Crippen LogP contribution in [0.5, 0.6) is 0 Å². The number of rotatable bonds is 7. The third-order valence-electron chi connectivity index (χ3n) is 6.99. The topological polar surface area (TPSA) is 94.0 Å². The first-order valence-electron chi connectivity index (χ1n) is 11.9. The van der Waals surface area contributed by atoms with Crippen LogP contribution in [0.25, 0.3) is 33.7 Å². The van der Waals surface area contributed by atoms with E-state index in [1.165, 1.54) is 0 Å². The third-order valence-corrected chi connectivity index (χ3v) is 6.99. The fraction of sp³-hybridized carbons (Fsp3) is 0.172. The zero-order chi connectivity index (χ0) is 24.7. The quantitative estimate of drug-likeness (QED) is 0.322. The molecule has 178 valence electrons. The molecule has 5 aromatic rings. The first kappa shape index (κ1) is 22.0. The summed E-state index contributed by atoms with van der Waals surface area (Å²) in [6.45, 7) is 2.43. The molecule has 2 aromatic heterocycles. The van der Waals surface area contributed by atoms with Crippen LogP contribution >= 0.6 is 0 Å². The van der Waals surface area contributed by atoms with E-state index < -0.39 is 11.4 Å². The maximum Gasteiger partial charge on any atom is 0.314 e. The van der Waals surface area contributed by atoms with Gasteiger partial charge in [0, 0.05) is 16.7 Å². The number of aromatic nitrogens is 4. The fourth-order valence-corrected chi connectivity index (χ4v) is 4.63. The maximum atomic E-state index is 11.6. The molecular formula is C29H24N4O3. The van der Waals surface area contributed by atoms with Gasteiger partial charge in [0.1, 0.15) is 5.69 Å². The van der Waals surface area contributed by atoms with Crippen molar-refractivity contribution in [2.24, 2.45) is 0 Å². The van der Waals surface area contributed by atoms with E-state index in [0.717, 1.165) is 44.8 Å². The molecule has 0 saturated heterocycles. The average Bonchev–Trinajstić information content (AvgIpc) is 3.48. The Labute approximate surface area is 208 Å². The van der Waals surface area contributed by atoms with Gasteiger partial charge < -0.3 is 9.63 Å². The molecule has 1 fully saturated rings. The van der Waals surface area contributed by atoms with E-state index in [4.69, 9.17) is 4.52 Å². The lowest BCUT2D eigenvalue weighted by Crippen LogP contribution is -2.19. The van der Waals surface area contributed by atoms with Crippen molar-refractivity contribution >= 4 is 5.97 Å². The summed E-state index contributed by atoms with van der Waals surface area (Å²) in [6.07, 6.45) is 3.34. The maximum absolute atomic E-state index is 11.6. The molecule has 1 aliphatic rings. The minimum Gasteiger partial charge on any atom is -0.481 e. The molecule has 0 atom stereocenters. The Kier molecular flexibility index (Phi) is 5.25. The monoisotopic (exact) mass is 476 g/mol. The summed E-state index contributed by atoms with van der Waals surface area (Å²) in [7, 11) is 0. The zero-order valence-electron chi connectivity index (χ0n) is 19.8. The Morgan fingerprint density at radius 1 is 0.917 bits per heavy atom. The first-order chi connectivity index (χ1) is 17.5. The van der Waals surface area contributed by atoms with Crippen LogP contribution in [0.15, 0.2) is 89.6 Å². The standard InChI is InChI=1S/C29H24N4O3/c1-19-25(17-33-18-26(30-32-33)22-5-3-2-4-6-22)27(36-31-19)23-9-7-20(8-10-23)21-11-13-24(14-12-21)29(15-16-29)28(34)35/h2-14,18H,15-17H2,1H3,(H,34,35). The Morgan fingerprint density at radius 2 is 1.56 bits per heavy atom. The normalized spacial score (nSPS) is 14.0. The van der Waals surface area contributed by atoms with Crippen molar-refractivity contribution < 1.29 is 14.4 Å². The summed E-state index contributed by atoms with van der Waals surface area (Å²) in [6, 6.07) is 25.9. The first-order valence-corrected chi connectivity index (χ1v) is 11.9. The van der Waals surface area contributed by atoms with Gasteiger partial charge in [-0.1, -0.05) is 89.2 Å². The minimum atomic E-state index is -0.736. The minimum absolute atomic E-state index is 0.499. The molecule has 0 aliphatic heterocycles. The second kappa shape index (κ2) is 8.61. The predicted molar refractivity (Wildman–Crippen MR) is 135 cm³/mol. The molecule has 2 heterocycles. The SMILES string of the molecule is Cc1noc(-c2ccc(-c3ccc(C4(C(=O)O)CC4)cc3)cc2)c1Cn1cc(-c2ccccc2)nn1. The molecule has 36 heavy (non-hydrogen) atoms. The molecule has 0 unspecified atom stereocenters. The smallest absolute Gasteiger partial charge is 0.314 e. The van der Waals surface area contributed by atoms with Crippen LogP contribution in [0.4, 0.5) is 0 Å². The van der Waals surface area contributed by atoms with Crippen LogP contribution in [0.3, 0.4) is 0 Å². The predicted octanol–water partition coefficient (Wildman–Crippen LogP) is 5.74. The Balaban J connectivity index is 1.22. The van der Waals surface area contributed by atoms with Crippen molar-refractivity contribution in [1.29, 1.82) is 0 Å². The van der Waals surface area contributed by atoms with Gasteiger partial charge in [0.2, 0.25) is 0 Å². The van der Waals surface area contributed by atoms with Crippen molar-refractivity contribution in [1.82, 2.24) is 20.2 Å². The number of hydrogen-bond acceptors (Lipinski definition) is 5. The highest BCUT2D eigenvalue weighted by molar-refractivity contribution is 5.85. The van der Waals surface area contributed by atoms with Gasteiger partial charge in [-0.25, -0.2) is 4.68 Å². The van der Waals surface area contributed by atoms with Gasteiger partial charge in [0.05, 0.1) is 23.9 Å². The number of benzene rings is 3. The highest BCUT2D eigenvalue weighted by Gasteiger charge is 2.51. The molecule has 0 radical (unpaired) electrons. The van der Waals surface area contributed by atoms with Gasteiger partial charge in [-0.05, 0) is 36.5 Å². The summed E-state index contributed by atoms with van der Waals surface area (Å²) in [5.74, 6) is -0.0248. The lowest BCUT2D eigenvalue weighted by atomic mass is 9.93. The van der Waals surface area contributed by atoms with Gasteiger partial charge in [-0.3, -0.25) is 4.79 Å². The van der Waals surface area contributed by atoms with E-state index in [2.05, 4.69) is 15.5 Å². The van der Waals surface area contributed by atoms with Crippen molar-refractivity contribution in [2.75, 3.05) is 0 Å². The number of hydrogen-bond donors (Lipinski definition) is 1. The molecule has 1 N–H and O–H groups in total. The molecule has 7 nitrogen and oxygen atoms in total. The van der Waals surface area contributed by atoms with Crippen LogP contribution in [0.1, 0.15) is 29.7 Å². The second-order valence-corrected chi connectivity index (χ2v) is 9.29. The zero-order valence-corrected chi connectivity index (χ0v) is 19.8. The lowest BCUT2D eigenvalue weighted by molar-refractivity contribution is -0.140. The molecule has 3 aromatic carbocycles. The number of aryl methyl sites for hydroxylation is 1. The van der Waals surface area contributed by atoms with Gasteiger partial charge in [-0.2, -0.15) is 0 Å². The molecule has 7 heteroatoms.